The van der Waals surface area contributed by atoms with E-state index in [1.165, 1.54) is 12.1 Å². The molecule has 0 aromatic heterocycles. The van der Waals surface area contributed by atoms with Crippen LogP contribution in [-0.2, 0) is 9.59 Å². The third-order valence-corrected chi connectivity index (χ3v) is 8.23. The number of fused-ring (bicyclic) bond motifs is 4. The topological polar surface area (TPSA) is 117 Å². The van der Waals surface area contributed by atoms with Crippen LogP contribution in [0.4, 0.5) is 4.39 Å². The molecule has 0 radical (unpaired) electrons. The van der Waals surface area contributed by atoms with Crippen LogP contribution in [0.2, 0.25) is 10.0 Å². The number of carbonyl (C=O) groups excluding carboxylic acids is 2. The van der Waals surface area contributed by atoms with Crippen molar-refractivity contribution in [3.8, 4) is 11.5 Å². The number of rotatable bonds is 6. The summed E-state index contributed by atoms with van der Waals surface area (Å²) < 4.78 is 24.8. The number of aliphatic hydroxyl groups is 2. The molecule has 2 unspecified atom stereocenters. The van der Waals surface area contributed by atoms with E-state index in [1.807, 2.05) is 0 Å². The number of hydrogen-bond acceptors (Lipinski definition) is 6. The smallest absolute Gasteiger partial charge is 0.261 e. The average Bonchev–Trinajstić information content (AvgIpc) is 2.86. The monoisotopic (exact) mass is 552 g/mol. The van der Waals surface area contributed by atoms with E-state index in [1.54, 1.807) is 18.2 Å². The molecular formula is C26H27Cl2FN2O6. The fourth-order valence-corrected chi connectivity index (χ4v) is 5.91. The Morgan fingerprint density at radius 1 is 1.08 bits per heavy atom. The molecular weight excluding hydrogens is 526 g/mol. The molecule has 3 aliphatic carbocycles. The van der Waals surface area contributed by atoms with E-state index in [9.17, 15) is 24.2 Å². The van der Waals surface area contributed by atoms with Gasteiger partial charge in [0.2, 0.25) is 0 Å². The molecule has 6 rings (SSSR count). The Hall–Kier alpha value is -2.59. The molecule has 11 heteroatoms. The average molecular weight is 553 g/mol. The van der Waals surface area contributed by atoms with Crippen LogP contribution < -0.4 is 20.1 Å². The van der Waals surface area contributed by atoms with Crippen LogP contribution >= 0.6 is 23.2 Å². The van der Waals surface area contributed by atoms with Gasteiger partial charge in [-0.15, -0.1) is 0 Å². The summed E-state index contributed by atoms with van der Waals surface area (Å²) in [7, 11) is 0. The Morgan fingerprint density at radius 2 is 1.84 bits per heavy atom. The Morgan fingerprint density at radius 3 is 2.54 bits per heavy atom. The summed E-state index contributed by atoms with van der Waals surface area (Å²) in [5.74, 6) is -0.846. The molecule has 2 aromatic carbocycles. The normalized spacial score (nSPS) is 30.1. The maximum atomic E-state index is 13.6. The number of halogens is 3. The highest BCUT2D eigenvalue weighted by molar-refractivity contribution is 6.31. The largest absolute Gasteiger partial charge is 0.484 e. The lowest BCUT2D eigenvalue weighted by atomic mass is 9.59. The molecule has 4 aliphatic rings. The van der Waals surface area contributed by atoms with Gasteiger partial charge in [0.1, 0.15) is 17.3 Å². The molecule has 37 heavy (non-hydrogen) atoms. The van der Waals surface area contributed by atoms with Crippen molar-refractivity contribution >= 4 is 35.0 Å². The van der Waals surface area contributed by atoms with Gasteiger partial charge < -0.3 is 30.3 Å². The first-order valence-electron chi connectivity index (χ1n) is 12.1. The fraction of sp³-hybridized carbons (Fsp3) is 0.462. The highest BCUT2D eigenvalue weighted by Gasteiger charge is 2.55. The lowest BCUT2D eigenvalue weighted by Gasteiger charge is -2.56. The van der Waals surface area contributed by atoms with Crippen LogP contribution in [0.5, 0.6) is 11.5 Å². The van der Waals surface area contributed by atoms with Crippen LogP contribution in [0.15, 0.2) is 36.4 Å². The van der Waals surface area contributed by atoms with E-state index < -0.39 is 41.1 Å². The summed E-state index contributed by atoms with van der Waals surface area (Å²) in [4.78, 5) is 25.7. The number of carbonyl (C=O) groups is 2. The molecule has 3 saturated carbocycles. The highest BCUT2D eigenvalue weighted by atomic mass is 35.5. The van der Waals surface area contributed by atoms with Gasteiger partial charge in [-0.1, -0.05) is 23.2 Å². The van der Waals surface area contributed by atoms with Crippen LogP contribution in [0.25, 0.3) is 0 Å². The molecule has 3 fully saturated rings. The minimum atomic E-state index is -0.882. The molecule has 2 amide bonds. The Balaban J connectivity index is 1.17. The van der Waals surface area contributed by atoms with Gasteiger partial charge in [-0.3, -0.25) is 9.59 Å². The van der Waals surface area contributed by atoms with Gasteiger partial charge in [0.05, 0.1) is 22.8 Å². The number of benzene rings is 2. The van der Waals surface area contributed by atoms with Crippen molar-refractivity contribution < 1.29 is 33.7 Å². The van der Waals surface area contributed by atoms with Crippen LogP contribution in [-0.4, -0.2) is 51.9 Å². The number of nitrogens with one attached hydrogen (secondary N) is 2. The SMILES string of the molecule is O=C(COc1ccc(Cl)c(F)c1)NC12CCC(NC(=O)C3CC(O)c4cc(Cl)ccc4O3)(CC1)C[C@H]2O. The lowest BCUT2D eigenvalue weighted by Crippen LogP contribution is -2.71. The second-order valence-corrected chi connectivity index (χ2v) is 10.9. The summed E-state index contributed by atoms with van der Waals surface area (Å²) >= 11 is 11.7. The quantitative estimate of drug-likeness (QED) is 0.436. The van der Waals surface area contributed by atoms with Crippen molar-refractivity contribution in [1.29, 1.82) is 0 Å². The number of hydrogen-bond donors (Lipinski definition) is 4. The van der Waals surface area contributed by atoms with Gasteiger partial charge in [-0.25, -0.2) is 4.39 Å². The fourth-order valence-electron chi connectivity index (χ4n) is 5.61. The van der Waals surface area contributed by atoms with E-state index in [0.717, 1.165) is 6.07 Å². The third-order valence-electron chi connectivity index (χ3n) is 7.69. The van der Waals surface area contributed by atoms with Crippen LogP contribution in [0.3, 0.4) is 0 Å². The molecule has 3 atom stereocenters. The predicted octanol–water partition coefficient (Wildman–Crippen LogP) is 3.44. The molecule has 4 N–H and O–H groups in total. The van der Waals surface area contributed by atoms with Gasteiger partial charge >= 0.3 is 0 Å². The third kappa shape index (κ3) is 5.23. The molecule has 1 heterocycles. The molecule has 0 spiro atoms. The molecule has 2 bridgehead atoms. The minimum absolute atomic E-state index is 0.0419. The zero-order valence-electron chi connectivity index (χ0n) is 19.8. The Labute approximate surface area is 223 Å². The summed E-state index contributed by atoms with van der Waals surface area (Å²) in [6.45, 7) is -0.342. The van der Waals surface area contributed by atoms with Crippen LogP contribution in [0, 0.1) is 5.82 Å². The first-order chi connectivity index (χ1) is 17.6. The highest BCUT2D eigenvalue weighted by Crippen LogP contribution is 2.47. The van der Waals surface area contributed by atoms with E-state index >= 15 is 0 Å². The van der Waals surface area contributed by atoms with E-state index in [4.69, 9.17) is 32.7 Å². The molecule has 8 nitrogen and oxygen atoms in total. The Bertz CT molecular complexity index is 1220. The van der Waals surface area contributed by atoms with Crippen molar-refractivity contribution in [1.82, 2.24) is 10.6 Å². The van der Waals surface area contributed by atoms with Gasteiger partial charge in [0.25, 0.3) is 11.8 Å². The second kappa shape index (κ2) is 9.94. The standard InChI is InChI=1S/C26H27Cl2FN2O6/c27-14-1-4-20-16(9-14)19(32)11-21(37-20)24(35)31-25-5-7-26(8-6-25,22(33)12-25)30-23(34)13-36-15-2-3-17(28)18(29)10-15/h1-4,9-10,19,21-22,32-33H,5-8,11-13H2,(H,30,34)(H,31,35)/t19?,21?,22-,25?,26?/m1/s1. The van der Waals surface area contributed by atoms with Crippen molar-refractivity contribution in [2.24, 2.45) is 0 Å². The summed E-state index contributed by atoms with van der Waals surface area (Å²) in [5.41, 5.74) is -0.908. The number of ether oxygens (including phenoxy) is 2. The molecule has 1 aliphatic heterocycles. The second-order valence-electron chi connectivity index (χ2n) is 10.1. The first-order valence-corrected chi connectivity index (χ1v) is 12.9. The Kier molecular flexibility index (Phi) is 7.00. The zero-order chi connectivity index (χ0) is 26.4. The maximum absolute atomic E-state index is 13.6. The van der Waals surface area contributed by atoms with Gasteiger partial charge in [-0.2, -0.15) is 0 Å². The predicted molar refractivity (Wildman–Crippen MR) is 133 cm³/mol. The van der Waals surface area contributed by atoms with Crippen molar-refractivity contribution in [2.45, 2.75) is 67.9 Å². The first kappa shape index (κ1) is 26.0. The maximum Gasteiger partial charge on any atom is 0.261 e. The van der Waals surface area contributed by atoms with E-state index in [2.05, 4.69) is 10.6 Å². The summed E-state index contributed by atoms with van der Waals surface area (Å²) in [6.07, 6.45) is -0.239. The van der Waals surface area contributed by atoms with Crippen molar-refractivity contribution in [3.63, 3.8) is 0 Å². The van der Waals surface area contributed by atoms with Crippen LogP contribution in [0.1, 0.15) is 50.2 Å². The number of aliphatic hydroxyl groups excluding tert-OH is 2. The van der Waals surface area contributed by atoms with Gasteiger partial charge in [0, 0.05) is 28.6 Å². The zero-order valence-corrected chi connectivity index (χ0v) is 21.3. The molecule has 0 saturated heterocycles. The van der Waals surface area contributed by atoms with Crippen molar-refractivity contribution in [3.05, 3.63) is 57.8 Å². The van der Waals surface area contributed by atoms with Crippen molar-refractivity contribution in [2.75, 3.05) is 6.61 Å². The minimum Gasteiger partial charge on any atom is -0.484 e. The van der Waals surface area contributed by atoms with Gasteiger partial charge in [0.15, 0.2) is 12.7 Å². The van der Waals surface area contributed by atoms with E-state index in [-0.39, 0.29) is 36.1 Å². The molecule has 198 valence electrons. The molecule has 2 aromatic rings. The number of amides is 2. The summed E-state index contributed by atoms with van der Waals surface area (Å²) in [6, 6.07) is 8.80. The van der Waals surface area contributed by atoms with Gasteiger partial charge in [-0.05, 0) is 62.4 Å². The van der Waals surface area contributed by atoms with E-state index in [0.29, 0.717) is 42.0 Å². The summed E-state index contributed by atoms with van der Waals surface area (Å²) in [5, 5.41) is 27.9. The lowest BCUT2D eigenvalue weighted by molar-refractivity contribution is -0.140.